The Balaban J connectivity index is 1.67. The van der Waals surface area contributed by atoms with Crippen molar-refractivity contribution in [3.63, 3.8) is 0 Å². The number of benzene rings is 1. The second-order valence-corrected chi connectivity index (χ2v) is 8.82. The van der Waals surface area contributed by atoms with E-state index in [9.17, 15) is 23.2 Å². The van der Waals surface area contributed by atoms with E-state index in [1.165, 1.54) is 35.8 Å². The van der Waals surface area contributed by atoms with Gasteiger partial charge in [-0.15, -0.1) is 0 Å². The molecule has 188 valence electrons. The minimum absolute atomic E-state index is 0.157. The molecule has 10 heteroatoms. The molecule has 35 heavy (non-hydrogen) atoms. The van der Waals surface area contributed by atoms with Crippen LogP contribution in [-0.2, 0) is 29.0 Å². The number of pyridine rings is 1. The summed E-state index contributed by atoms with van der Waals surface area (Å²) in [5, 5.41) is 0. The highest BCUT2D eigenvalue weighted by molar-refractivity contribution is 6.00. The molecule has 1 aromatic heterocycles. The maximum Gasteiger partial charge on any atom is 0.328 e. The van der Waals surface area contributed by atoms with Gasteiger partial charge in [0.1, 0.15) is 29.0 Å². The maximum atomic E-state index is 14.2. The molecule has 8 nitrogen and oxygen atoms in total. The van der Waals surface area contributed by atoms with Gasteiger partial charge < -0.3 is 18.9 Å². The predicted octanol–water partition coefficient (Wildman–Crippen LogP) is 2.36. The van der Waals surface area contributed by atoms with Gasteiger partial charge in [0.05, 0.1) is 14.2 Å². The third-order valence-electron chi connectivity index (χ3n) is 6.76. The van der Waals surface area contributed by atoms with Crippen molar-refractivity contribution in [2.75, 3.05) is 33.9 Å². The Bertz CT molecular complexity index is 1180. The smallest absolute Gasteiger partial charge is 0.328 e. The maximum absolute atomic E-state index is 14.2. The molecule has 2 aliphatic rings. The van der Waals surface area contributed by atoms with E-state index in [-0.39, 0.29) is 41.4 Å². The van der Waals surface area contributed by atoms with Crippen molar-refractivity contribution in [3.8, 4) is 5.75 Å². The van der Waals surface area contributed by atoms with Gasteiger partial charge in [0.15, 0.2) is 0 Å². The minimum Gasteiger partial charge on any atom is -0.496 e. The number of ether oxygens (including phenoxy) is 2. The zero-order valence-corrected chi connectivity index (χ0v) is 19.9. The van der Waals surface area contributed by atoms with Crippen LogP contribution in [0.5, 0.6) is 5.75 Å². The average Bonchev–Trinajstić information content (AvgIpc) is 3.08. The summed E-state index contributed by atoms with van der Waals surface area (Å²) in [6.45, 7) is 1.67. The standard InChI is InChI=1S/C25H29F2N3O5/c1-34-21-14-22(31)29-12-11-28(15-16-13-17(26)6-7-18(16)27)10-8-19(29)23(21)24(32)30-9-4-3-5-20(30)25(33)35-2/h6-7,13-14,20H,3-5,8-12,15H2,1-2H3/t20-/m0/s1. The lowest BCUT2D eigenvalue weighted by Crippen LogP contribution is -2.49. The van der Waals surface area contributed by atoms with E-state index >= 15 is 0 Å². The quantitative estimate of drug-likeness (QED) is 0.600. The van der Waals surface area contributed by atoms with Crippen LogP contribution in [-0.4, -0.2) is 66.1 Å². The number of carbonyl (C=O) groups is 2. The van der Waals surface area contributed by atoms with E-state index in [1.54, 1.807) is 0 Å². The van der Waals surface area contributed by atoms with E-state index in [2.05, 4.69) is 0 Å². The minimum atomic E-state index is -0.697. The van der Waals surface area contributed by atoms with E-state index in [0.717, 1.165) is 25.0 Å². The van der Waals surface area contributed by atoms with Gasteiger partial charge in [-0.1, -0.05) is 0 Å². The Morgan fingerprint density at radius 3 is 2.60 bits per heavy atom. The van der Waals surface area contributed by atoms with Crippen LogP contribution in [0.3, 0.4) is 0 Å². The molecule has 0 bridgehead atoms. The molecule has 4 rings (SSSR count). The number of nitrogens with zero attached hydrogens (tertiary/aromatic N) is 3. The van der Waals surface area contributed by atoms with Gasteiger partial charge in [-0.25, -0.2) is 13.6 Å². The van der Waals surface area contributed by atoms with Crippen molar-refractivity contribution >= 4 is 11.9 Å². The summed E-state index contributed by atoms with van der Waals surface area (Å²) in [4.78, 5) is 42.5. The van der Waals surface area contributed by atoms with Crippen LogP contribution in [0.25, 0.3) is 0 Å². The number of hydrogen-bond acceptors (Lipinski definition) is 6. The third kappa shape index (κ3) is 5.07. The molecule has 1 amide bonds. The second-order valence-electron chi connectivity index (χ2n) is 8.82. The molecule has 2 aromatic rings. The second kappa shape index (κ2) is 10.6. The van der Waals surface area contributed by atoms with Gasteiger partial charge >= 0.3 is 5.97 Å². The topological polar surface area (TPSA) is 81.1 Å². The van der Waals surface area contributed by atoms with Gasteiger partial charge in [-0.05, 0) is 37.5 Å². The molecular weight excluding hydrogens is 460 g/mol. The molecule has 0 spiro atoms. The Labute approximate surface area is 202 Å². The zero-order chi connectivity index (χ0) is 25.1. The number of fused-ring (bicyclic) bond motifs is 1. The molecule has 0 aliphatic carbocycles. The predicted molar refractivity (Wildman–Crippen MR) is 123 cm³/mol. The number of aromatic nitrogens is 1. The molecular formula is C25H29F2N3O5. The molecule has 1 atom stereocenters. The van der Waals surface area contributed by atoms with Crippen LogP contribution in [0.1, 0.15) is 40.9 Å². The number of esters is 1. The number of carbonyl (C=O) groups excluding carboxylic acids is 2. The number of amides is 1. The Morgan fingerprint density at radius 1 is 1.06 bits per heavy atom. The number of halogens is 2. The van der Waals surface area contributed by atoms with Gasteiger partial charge in [-0.2, -0.15) is 0 Å². The first kappa shape index (κ1) is 24.8. The Morgan fingerprint density at radius 2 is 1.86 bits per heavy atom. The fourth-order valence-electron chi connectivity index (χ4n) is 4.95. The number of likely N-dealkylation sites (tertiary alicyclic amines) is 1. The van der Waals surface area contributed by atoms with E-state index in [0.29, 0.717) is 38.2 Å². The van der Waals surface area contributed by atoms with Crippen molar-refractivity contribution in [1.29, 1.82) is 0 Å². The van der Waals surface area contributed by atoms with Crippen molar-refractivity contribution < 1.29 is 27.8 Å². The first-order chi connectivity index (χ1) is 16.8. The van der Waals surface area contributed by atoms with E-state index in [1.807, 2.05) is 4.90 Å². The average molecular weight is 490 g/mol. The van der Waals surface area contributed by atoms with E-state index in [4.69, 9.17) is 9.47 Å². The van der Waals surface area contributed by atoms with Crippen molar-refractivity contribution in [3.05, 3.63) is 63.1 Å². The first-order valence-corrected chi connectivity index (χ1v) is 11.7. The molecule has 1 saturated heterocycles. The molecule has 0 unspecified atom stereocenters. The largest absolute Gasteiger partial charge is 0.496 e. The van der Waals surface area contributed by atoms with Crippen LogP contribution < -0.4 is 10.3 Å². The lowest BCUT2D eigenvalue weighted by Gasteiger charge is -2.34. The van der Waals surface area contributed by atoms with Crippen LogP contribution in [0.15, 0.2) is 29.1 Å². The molecule has 0 N–H and O–H groups in total. The zero-order valence-electron chi connectivity index (χ0n) is 19.9. The molecule has 1 fully saturated rings. The summed E-state index contributed by atoms with van der Waals surface area (Å²) in [6.07, 6.45) is 2.38. The van der Waals surface area contributed by atoms with Crippen molar-refractivity contribution in [2.24, 2.45) is 0 Å². The number of rotatable bonds is 5. The normalized spacial score (nSPS) is 18.5. The monoisotopic (exact) mass is 489 g/mol. The van der Waals surface area contributed by atoms with Crippen molar-refractivity contribution in [1.82, 2.24) is 14.4 Å². The molecule has 3 heterocycles. The van der Waals surface area contributed by atoms with Gasteiger partial charge in [0, 0.05) is 56.5 Å². The SMILES string of the molecule is COC(=O)[C@@H]1CCCCN1C(=O)c1c(OC)cc(=O)n2c1CCN(Cc1cc(F)ccc1F)CC2. The summed E-state index contributed by atoms with van der Waals surface area (Å²) < 4.78 is 39.7. The lowest BCUT2D eigenvalue weighted by atomic mass is 9.99. The highest BCUT2D eigenvalue weighted by Gasteiger charge is 2.36. The molecule has 0 saturated carbocycles. The summed E-state index contributed by atoms with van der Waals surface area (Å²) >= 11 is 0. The highest BCUT2D eigenvalue weighted by Crippen LogP contribution is 2.28. The highest BCUT2D eigenvalue weighted by atomic mass is 19.1. The van der Waals surface area contributed by atoms with Crippen LogP contribution in [0.2, 0.25) is 0 Å². The van der Waals surface area contributed by atoms with Gasteiger partial charge in [0.25, 0.3) is 11.5 Å². The molecule has 2 aliphatic heterocycles. The fraction of sp³-hybridized carbons (Fsp3) is 0.480. The summed E-state index contributed by atoms with van der Waals surface area (Å²) in [7, 11) is 2.69. The third-order valence-corrected chi connectivity index (χ3v) is 6.76. The van der Waals surface area contributed by atoms with Crippen LogP contribution in [0.4, 0.5) is 8.78 Å². The molecule has 0 radical (unpaired) electrons. The summed E-state index contributed by atoms with van der Waals surface area (Å²) in [6, 6.07) is 3.93. The van der Waals surface area contributed by atoms with Crippen molar-refractivity contribution in [2.45, 2.75) is 44.8 Å². The van der Waals surface area contributed by atoms with Crippen LogP contribution in [0, 0.1) is 11.6 Å². The Hall–Kier alpha value is -3.27. The Kier molecular flexibility index (Phi) is 7.49. The van der Waals surface area contributed by atoms with Gasteiger partial charge in [0.2, 0.25) is 0 Å². The fourth-order valence-corrected chi connectivity index (χ4v) is 4.95. The number of methoxy groups -OCH3 is 2. The summed E-state index contributed by atoms with van der Waals surface area (Å²) in [5.74, 6) is -1.72. The number of piperidine rings is 1. The summed E-state index contributed by atoms with van der Waals surface area (Å²) in [5.41, 5.74) is 0.680. The van der Waals surface area contributed by atoms with E-state index < -0.39 is 23.6 Å². The number of hydrogen-bond donors (Lipinski definition) is 0. The van der Waals surface area contributed by atoms with Gasteiger partial charge in [-0.3, -0.25) is 14.5 Å². The lowest BCUT2D eigenvalue weighted by molar-refractivity contribution is -0.147. The van der Waals surface area contributed by atoms with Crippen LogP contribution >= 0.6 is 0 Å². The first-order valence-electron chi connectivity index (χ1n) is 11.7. The molecule has 1 aromatic carbocycles.